The van der Waals surface area contributed by atoms with Crippen LogP contribution >= 0.6 is 26.4 Å². The molecule has 6 nitrogen and oxygen atoms in total. The summed E-state index contributed by atoms with van der Waals surface area (Å²) in [6, 6.07) is 0. The average Bonchev–Trinajstić information content (AvgIpc) is 2.15. The molecule has 0 amide bonds. The molecule has 0 bridgehead atoms. The van der Waals surface area contributed by atoms with Crippen molar-refractivity contribution < 1.29 is 31.8 Å². The first-order chi connectivity index (χ1) is 7.25. The Morgan fingerprint density at radius 1 is 1.50 bits per heavy atom. The molecule has 2 heterocycles. The Kier molecular flexibility index (Phi) is 3.37. The first-order valence-corrected chi connectivity index (χ1v) is 8.40. The van der Waals surface area contributed by atoms with Crippen LogP contribution in [0.2, 0.25) is 0 Å². The van der Waals surface area contributed by atoms with Crippen molar-refractivity contribution in [3.05, 3.63) is 0 Å². The predicted octanol–water partition coefficient (Wildman–Crippen LogP) is 2.44. The lowest BCUT2D eigenvalue weighted by Gasteiger charge is -2.41. The Morgan fingerprint density at radius 3 is 2.56 bits per heavy atom. The monoisotopic (exact) mass is 295 g/mol. The van der Waals surface area contributed by atoms with E-state index in [1.165, 1.54) is 0 Å². The molecule has 0 saturated carbocycles. The third-order valence-electron chi connectivity index (χ3n) is 2.67. The first kappa shape index (κ1) is 13.1. The highest BCUT2D eigenvalue weighted by molar-refractivity contribution is 7.86. The smallest absolute Gasteiger partial charge is 0.283 e. The summed E-state index contributed by atoms with van der Waals surface area (Å²) in [5.41, 5.74) is -0.791. The van der Waals surface area contributed by atoms with E-state index in [-0.39, 0.29) is 19.8 Å². The molecule has 2 atom stereocenters. The van der Waals surface area contributed by atoms with Gasteiger partial charge in [0.05, 0.1) is 18.6 Å². The lowest BCUT2D eigenvalue weighted by molar-refractivity contribution is -0.113. The Morgan fingerprint density at radius 2 is 2.06 bits per heavy atom. The van der Waals surface area contributed by atoms with Gasteiger partial charge in [0.25, 0.3) is 0 Å². The molecule has 94 valence electrons. The summed E-state index contributed by atoms with van der Waals surface area (Å²) in [4.78, 5) is 9.38. The standard InChI is InChI=1S/C6H11ClFO6P2/c1-5-6(2-11-15(7,9)14-5)3-12-16(8,10)13-4-6/h5,9H,2-4H2,1H3/q+1. The van der Waals surface area contributed by atoms with Crippen LogP contribution in [0.5, 0.6) is 0 Å². The summed E-state index contributed by atoms with van der Waals surface area (Å²) in [5.74, 6) is 0. The quantitative estimate of drug-likeness (QED) is 0.692. The summed E-state index contributed by atoms with van der Waals surface area (Å²) >= 11 is 5.54. The third kappa shape index (κ3) is 2.57. The van der Waals surface area contributed by atoms with E-state index in [0.717, 1.165) is 0 Å². The van der Waals surface area contributed by atoms with Crippen LogP contribution in [0.15, 0.2) is 0 Å². The average molecular weight is 296 g/mol. The van der Waals surface area contributed by atoms with Gasteiger partial charge in [-0.1, -0.05) is 0 Å². The van der Waals surface area contributed by atoms with Gasteiger partial charge in [0.2, 0.25) is 0 Å². The van der Waals surface area contributed by atoms with Crippen molar-refractivity contribution >= 4 is 26.4 Å². The van der Waals surface area contributed by atoms with Crippen molar-refractivity contribution in [2.75, 3.05) is 19.8 Å². The van der Waals surface area contributed by atoms with Crippen molar-refractivity contribution in [3.63, 3.8) is 0 Å². The van der Waals surface area contributed by atoms with Crippen LogP contribution in [0.1, 0.15) is 6.92 Å². The topological polar surface area (TPSA) is 74.2 Å². The summed E-state index contributed by atoms with van der Waals surface area (Å²) in [5, 5.41) is 0. The highest BCUT2D eigenvalue weighted by Gasteiger charge is 2.59. The van der Waals surface area contributed by atoms with Crippen molar-refractivity contribution in [1.29, 1.82) is 0 Å². The van der Waals surface area contributed by atoms with E-state index in [4.69, 9.17) is 20.3 Å². The highest BCUT2D eigenvalue weighted by Crippen LogP contribution is 2.68. The molecule has 10 heteroatoms. The maximum Gasteiger partial charge on any atom is 0.522 e. The molecule has 2 rings (SSSR count). The molecule has 2 unspecified atom stereocenters. The Labute approximate surface area is 97.0 Å². The molecule has 2 saturated heterocycles. The van der Waals surface area contributed by atoms with E-state index in [2.05, 4.69) is 9.05 Å². The van der Waals surface area contributed by atoms with Gasteiger partial charge in [0, 0.05) is 0 Å². The maximum absolute atomic E-state index is 12.8. The summed E-state index contributed by atoms with van der Waals surface area (Å²) in [6.45, 7) is 1.30. The third-order valence-corrected chi connectivity index (χ3v) is 5.10. The fraction of sp³-hybridized carbons (Fsp3) is 1.00. The van der Waals surface area contributed by atoms with Gasteiger partial charge in [-0.05, 0) is 6.92 Å². The summed E-state index contributed by atoms with van der Waals surface area (Å²) in [7, 11) is -7.75. The predicted molar refractivity (Wildman–Crippen MR) is 54.5 cm³/mol. The molecule has 2 fully saturated rings. The van der Waals surface area contributed by atoms with Gasteiger partial charge < -0.3 is 0 Å². The fourth-order valence-corrected chi connectivity index (χ4v) is 3.96. The van der Waals surface area contributed by atoms with Crippen molar-refractivity contribution in [1.82, 2.24) is 0 Å². The zero-order valence-electron chi connectivity index (χ0n) is 8.34. The molecule has 1 spiro atoms. The van der Waals surface area contributed by atoms with Crippen molar-refractivity contribution in [3.8, 4) is 0 Å². The van der Waals surface area contributed by atoms with Crippen LogP contribution in [0.3, 0.4) is 0 Å². The Hall–Kier alpha value is 0.680. The normalized spacial score (nSPS) is 54.1. The Bertz CT molecular complexity index is 327. The lowest BCUT2D eigenvalue weighted by Crippen LogP contribution is -2.50. The van der Waals surface area contributed by atoms with Gasteiger partial charge in [0.15, 0.2) is 11.2 Å². The Balaban J connectivity index is 2.08. The molecular formula is C6H11ClFO6P2+. The number of rotatable bonds is 0. The molecule has 2 aliphatic heterocycles. The SMILES string of the molecule is CC1O[P+](O)(Cl)OCC12COP(=O)(F)OC2. The minimum absolute atomic E-state index is 0.00193. The van der Waals surface area contributed by atoms with Gasteiger partial charge in [-0.2, -0.15) is 13.9 Å². The van der Waals surface area contributed by atoms with Crippen molar-refractivity contribution in [2.24, 2.45) is 5.41 Å². The summed E-state index contributed by atoms with van der Waals surface area (Å²) < 4.78 is 42.7. The zero-order chi connectivity index (χ0) is 12.0. The molecule has 0 aromatic carbocycles. The van der Waals surface area contributed by atoms with Gasteiger partial charge in [0.1, 0.15) is 12.7 Å². The second kappa shape index (κ2) is 4.11. The number of hydrogen-bond donors (Lipinski definition) is 1. The fourth-order valence-electron chi connectivity index (χ4n) is 1.47. The molecule has 0 aromatic heterocycles. The zero-order valence-corrected chi connectivity index (χ0v) is 10.9. The molecule has 2 aliphatic rings. The van der Waals surface area contributed by atoms with Crippen LogP contribution in [-0.4, -0.2) is 30.8 Å². The van der Waals surface area contributed by atoms with E-state index in [0.29, 0.717) is 0 Å². The second-order valence-electron chi connectivity index (χ2n) is 3.81. The van der Waals surface area contributed by atoms with Crippen LogP contribution in [0.25, 0.3) is 0 Å². The summed E-state index contributed by atoms with van der Waals surface area (Å²) in [6.07, 6.45) is -0.544. The van der Waals surface area contributed by atoms with E-state index in [1.54, 1.807) is 6.92 Å². The molecule has 1 N–H and O–H groups in total. The van der Waals surface area contributed by atoms with E-state index in [1.807, 2.05) is 0 Å². The number of hydrogen-bond acceptors (Lipinski definition) is 6. The molecular weight excluding hydrogens is 284 g/mol. The number of halogens is 2. The van der Waals surface area contributed by atoms with E-state index < -0.39 is 26.7 Å². The van der Waals surface area contributed by atoms with Crippen LogP contribution in [0, 0.1) is 5.41 Å². The van der Waals surface area contributed by atoms with Crippen LogP contribution in [-0.2, 0) is 22.7 Å². The van der Waals surface area contributed by atoms with Crippen molar-refractivity contribution in [2.45, 2.75) is 13.0 Å². The molecule has 0 aromatic rings. The lowest BCUT2D eigenvalue weighted by atomic mass is 9.85. The highest BCUT2D eigenvalue weighted by atomic mass is 35.7. The molecule has 0 radical (unpaired) electrons. The van der Waals surface area contributed by atoms with E-state index in [9.17, 15) is 13.7 Å². The maximum atomic E-state index is 12.8. The van der Waals surface area contributed by atoms with Gasteiger partial charge in [-0.25, -0.2) is 4.57 Å². The van der Waals surface area contributed by atoms with Crippen LogP contribution < -0.4 is 0 Å². The second-order valence-corrected chi connectivity index (χ2v) is 7.84. The minimum Gasteiger partial charge on any atom is -0.283 e. The minimum atomic E-state index is -4.44. The molecule has 16 heavy (non-hydrogen) atoms. The van der Waals surface area contributed by atoms with Gasteiger partial charge in [-0.15, -0.1) is 4.20 Å². The van der Waals surface area contributed by atoms with Gasteiger partial charge in [-0.3, -0.25) is 9.05 Å². The first-order valence-electron chi connectivity index (χ1n) is 4.48. The van der Waals surface area contributed by atoms with E-state index >= 15 is 0 Å². The molecule has 0 aliphatic carbocycles. The van der Waals surface area contributed by atoms with Gasteiger partial charge >= 0.3 is 15.2 Å². The van der Waals surface area contributed by atoms with Crippen LogP contribution in [0.4, 0.5) is 4.20 Å². The largest absolute Gasteiger partial charge is 0.522 e.